The largest absolute Gasteiger partial charge is 0.389 e. The molecule has 0 aliphatic carbocycles. The van der Waals surface area contributed by atoms with Gasteiger partial charge in [0.1, 0.15) is 11.9 Å². The molecule has 1 atom stereocenters. The Morgan fingerprint density at radius 1 is 1.65 bits per heavy atom. The van der Waals surface area contributed by atoms with E-state index in [2.05, 4.69) is 4.98 Å². The number of aromatic nitrogens is 1. The number of pyridine rings is 1. The summed E-state index contributed by atoms with van der Waals surface area (Å²) in [7, 11) is 3.30. The Kier molecular flexibility index (Phi) is 5.16. The highest BCUT2D eigenvalue weighted by Gasteiger charge is 2.11. The summed E-state index contributed by atoms with van der Waals surface area (Å²) in [5, 5.41) is 18.7. The van der Waals surface area contributed by atoms with Crippen LogP contribution in [-0.2, 0) is 4.74 Å². The van der Waals surface area contributed by atoms with Crippen LogP contribution in [0.5, 0.6) is 0 Å². The maximum Gasteiger partial charge on any atom is 0.161 e. The third kappa shape index (κ3) is 3.86. The van der Waals surface area contributed by atoms with Gasteiger partial charge in [-0.3, -0.25) is 0 Å². The summed E-state index contributed by atoms with van der Waals surface area (Å²) in [6.45, 7) is 0.621. The highest BCUT2D eigenvalue weighted by Crippen LogP contribution is 2.17. The first-order chi connectivity index (χ1) is 8.08. The van der Waals surface area contributed by atoms with E-state index in [0.717, 1.165) is 0 Å². The van der Waals surface area contributed by atoms with E-state index in [4.69, 9.17) is 21.6 Å². The summed E-state index contributed by atoms with van der Waals surface area (Å²) in [6, 6.07) is 5.22. The molecule has 0 aromatic carbocycles. The van der Waals surface area contributed by atoms with Crippen LogP contribution in [0.25, 0.3) is 0 Å². The van der Waals surface area contributed by atoms with E-state index in [1.807, 2.05) is 6.07 Å². The Morgan fingerprint density at radius 3 is 2.94 bits per heavy atom. The highest BCUT2D eigenvalue weighted by atomic mass is 35.5. The number of aliphatic hydroxyl groups is 1. The number of anilines is 1. The van der Waals surface area contributed by atoms with Gasteiger partial charge in [-0.05, 0) is 12.1 Å². The van der Waals surface area contributed by atoms with Crippen LogP contribution in [0.15, 0.2) is 12.1 Å². The van der Waals surface area contributed by atoms with Gasteiger partial charge in [0.25, 0.3) is 0 Å². The van der Waals surface area contributed by atoms with Crippen molar-refractivity contribution in [2.24, 2.45) is 0 Å². The normalized spacial score (nSPS) is 11.9. The van der Waals surface area contributed by atoms with Gasteiger partial charge in [-0.2, -0.15) is 5.26 Å². The van der Waals surface area contributed by atoms with E-state index < -0.39 is 6.10 Å². The van der Waals surface area contributed by atoms with Crippen LogP contribution in [0.3, 0.4) is 0 Å². The predicted octanol–water partition coefficient (Wildman–Crippen LogP) is 1.05. The summed E-state index contributed by atoms with van der Waals surface area (Å²) >= 11 is 5.78. The molecule has 0 saturated carbocycles. The fourth-order valence-corrected chi connectivity index (χ4v) is 1.53. The van der Waals surface area contributed by atoms with Crippen molar-refractivity contribution in [3.05, 3.63) is 22.8 Å². The van der Waals surface area contributed by atoms with Gasteiger partial charge < -0.3 is 14.7 Å². The van der Waals surface area contributed by atoms with Gasteiger partial charge in [0, 0.05) is 20.7 Å². The first-order valence-corrected chi connectivity index (χ1v) is 5.41. The molecule has 0 aliphatic rings. The molecule has 5 nitrogen and oxygen atoms in total. The summed E-state index contributed by atoms with van der Waals surface area (Å²) in [4.78, 5) is 5.82. The molecule has 1 N–H and O–H groups in total. The van der Waals surface area contributed by atoms with Crippen LogP contribution in [0.4, 0.5) is 5.82 Å². The standard InChI is InChI=1S/C11H14ClN3O2/c1-15(6-8(16)7-17-2)11-4-3-9(12)10(5-13)14-11/h3-4,8,16H,6-7H2,1-2H3. The molecule has 0 aliphatic heterocycles. The molecular weight excluding hydrogens is 242 g/mol. The summed E-state index contributed by atoms with van der Waals surface area (Å²) in [5.41, 5.74) is 0.178. The number of rotatable bonds is 5. The summed E-state index contributed by atoms with van der Waals surface area (Å²) < 4.78 is 4.83. The lowest BCUT2D eigenvalue weighted by atomic mass is 10.3. The van der Waals surface area contributed by atoms with E-state index in [1.54, 1.807) is 24.1 Å². The van der Waals surface area contributed by atoms with Crippen molar-refractivity contribution in [3.63, 3.8) is 0 Å². The quantitative estimate of drug-likeness (QED) is 0.852. The second kappa shape index (κ2) is 6.40. The molecular formula is C11H14ClN3O2. The number of nitriles is 1. The number of aliphatic hydroxyl groups excluding tert-OH is 1. The Hall–Kier alpha value is -1.35. The van der Waals surface area contributed by atoms with Crippen LogP contribution in [0, 0.1) is 11.3 Å². The average molecular weight is 256 g/mol. The lowest BCUT2D eigenvalue weighted by Crippen LogP contribution is -2.32. The zero-order valence-corrected chi connectivity index (χ0v) is 10.5. The lowest BCUT2D eigenvalue weighted by molar-refractivity contribution is 0.0694. The van der Waals surface area contributed by atoms with Crippen LogP contribution < -0.4 is 4.90 Å². The molecule has 0 saturated heterocycles. The SMILES string of the molecule is COCC(O)CN(C)c1ccc(Cl)c(C#N)n1. The minimum Gasteiger partial charge on any atom is -0.389 e. The van der Waals surface area contributed by atoms with Gasteiger partial charge >= 0.3 is 0 Å². The van der Waals surface area contributed by atoms with Gasteiger partial charge in [-0.1, -0.05) is 11.6 Å². The number of nitrogens with zero attached hydrogens (tertiary/aromatic N) is 3. The van der Waals surface area contributed by atoms with Crippen LogP contribution >= 0.6 is 11.6 Å². The monoisotopic (exact) mass is 255 g/mol. The predicted molar refractivity (Wildman–Crippen MR) is 65.1 cm³/mol. The molecule has 0 spiro atoms. The molecule has 1 unspecified atom stereocenters. The zero-order chi connectivity index (χ0) is 12.8. The number of halogens is 1. The number of methoxy groups -OCH3 is 1. The van der Waals surface area contributed by atoms with Gasteiger partial charge in [-0.25, -0.2) is 4.98 Å². The average Bonchev–Trinajstić information content (AvgIpc) is 2.29. The number of likely N-dealkylation sites (N-methyl/N-ethyl adjacent to an activating group) is 1. The van der Waals surface area contributed by atoms with E-state index in [0.29, 0.717) is 17.4 Å². The van der Waals surface area contributed by atoms with Crippen LogP contribution in [-0.4, -0.2) is 43.5 Å². The molecule has 0 amide bonds. The molecule has 0 radical (unpaired) electrons. The van der Waals surface area contributed by atoms with Gasteiger partial charge in [0.15, 0.2) is 5.69 Å². The Bertz CT molecular complexity index is 420. The Morgan fingerprint density at radius 2 is 2.35 bits per heavy atom. The first kappa shape index (κ1) is 13.7. The second-order valence-corrected chi connectivity index (χ2v) is 4.01. The van der Waals surface area contributed by atoms with Gasteiger partial charge in [-0.15, -0.1) is 0 Å². The molecule has 17 heavy (non-hydrogen) atoms. The maximum absolute atomic E-state index is 9.58. The van der Waals surface area contributed by atoms with E-state index in [-0.39, 0.29) is 12.3 Å². The van der Waals surface area contributed by atoms with Crippen molar-refractivity contribution in [1.29, 1.82) is 5.26 Å². The fourth-order valence-electron chi connectivity index (χ4n) is 1.38. The first-order valence-electron chi connectivity index (χ1n) is 5.03. The van der Waals surface area contributed by atoms with Gasteiger partial charge in [0.2, 0.25) is 0 Å². The maximum atomic E-state index is 9.58. The van der Waals surface area contributed by atoms with Crippen molar-refractivity contribution >= 4 is 17.4 Å². The number of hydrogen-bond acceptors (Lipinski definition) is 5. The van der Waals surface area contributed by atoms with Crippen LogP contribution in [0.1, 0.15) is 5.69 Å². The fraction of sp³-hybridized carbons (Fsp3) is 0.455. The molecule has 1 aromatic rings. The molecule has 0 bridgehead atoms. The molecule has 92 valence electrons. The van der Waals surface area contributed by atoms with Crippen molar-refractivity contribution in [1.82, 2.24) is 4.98 Å². The topological polar surface area (TPSA) is 69.4 Å². The molecule has 1 heterocycles. The Labute approximate surface area is 105 Å². The number of hydrogen-bond donors (Lipinski definition) is 1. The molecule has 6 heteroatoms. The van der Waals surface area contributed by atoms with E-state index >= 15 is 0 Å². The molecule has 0 fully saturated rings. The van der Waals surface area contributed by atoms with Gasteiger partial charge in [0.05, 0.1) is 17.7 Å². The highest BCUT2D eigenvalue weighted by molar-refractivity contribution is 6.31. The summed E-state index contributed by atoms with van der Waals surface area (Å²) in [6.07, 6.45) is -0.604. The minimum atomic E-state index is -0.604. The van der Waals surface area contributed by atoms with Crippen molar-refractivity contribution in [2.45, 2.75) is 6.10 Å². The molecule has 1 rings (SSSR count). The summed E-state index contributed by atoms with van der Waals surface area (Å²) in [5.74, 6) is 0.584. The van der Waals surface area contributed by atoms with Crippen LogP contribution in [0.2, 0.25) is 5.02 Å². The van der Waals surface area contributed by atoms with E-state index in [9.17, 15) is 5.11 Å². The smallest absolute Gasteiger partial charge is 0.161 e. The van der Waals surface area contributed by atoms with Crippen molar-refractivity contribution in [2.75, 3.05) is 32.2 Å². The zero-order valence-electron chi connectivity index (χ0n) is 9.72. The third-order valence-corrected chi connectivity index (χ3v) is 2.48. The lowest BCUT2D eigenvalue weighted by Gasteiger charge is -2.21. The minimum absolute atomic E-state index is 0.178. The van der Waals surface area contributed by atoms with E-state index in [1.165, 1.54) is 7.11 Å². The third-order valence-electron chi connectivity index (χ3n) is 2.17. The van der Waals surface area contributed by atoms with Crippen molar-refractivity contribution in [3.8, 4) is 6.07 Å². The Balaban J connectivity index is 2.76. The molecule has 1 aromatic heterocycles. The second-order valence-electron chi connectivity index (χ2n) is 3.60. The van der Waals surface area contributed by atoms with Crippen molar-refractivity contribution < 1.29 is 9.84 Å². The number of ether oxygens (including phenoxy) is 1.